The van der Waals surface area contributed by atoms with E-state index in [0.717, 1.165) is 34.6 Å². The molecule has 112 valence electrons. The maximum Gasteiger partial charge on any atom is 0.133 e. The molecule has 0 aliphatic carbocycles. The first-order valence-electron chi connectivity index (χ1n) is 6.82. The highest BCUT2D eigenvalue weighted by Crippen LogP contribution is 2.41. The molecule has 0 radical (unpaired) electrons. The van der Waals surface area contributed by atoms with Crippen LogP contribution < -0.4 is 14.8 Å². The summed E-state index contributed by atoms with van der Waals surface area (Å²) < 4.78 is 17.5. The van der Waals surface area contributed by atoms with Gasteiger partial charge in [-0.2, -0.15) is 0 Å². The van der Waals surface area contributed by atoms with Gasteiger partial charge in [-0.05, 0) is 48.5 Å². The van der Waals surface area contributed by atoms with Crippen molar-refractivity contribution in [2.75, 3.05) is 27.9 Å². The zero-order valence-corrected chi connectivity index (χ0v) is 14.0. The summed E-state index contributed by atoms with van der Waals surface area (Å²) in [5, 5.41) is 3.41. The SMILES string of the molecule is CNC(c1cc(OC)c(Br)cc1OC)C1CCOC1C. The van der Waals surface area contributed by atoms with Crippen LogP contribution in [0.3, 0.4) is 0 Å². The van der Waals surface area contributed by atoms with Crippen molar-refractivity contribution in [2.24, 2.45) is 5.92 Å². The average molecular weight is 344 g/mol. The molecule has 3 atom stereocenters. The average Bonchev–Trinajstić information content (AvgIpc) is 2.87. The van der Waals surface area contributed by atoms with Gasteiger partial charge in [0.05, 0.1) is 24.8 Å². The lowest BCUT2D eigenvalue weighted by Crippen LogP contribution is -2.29. The van der Waals surface area contributed by atoms with Gasteiger partial charge in [0.15, 0.2) is 0 Å². The number of nitrogens with one attached hydrogen (secondary N) is 1. The lowest BCUT2D eigenvalue weighted by Gasteiger charge is -2.27. The number of ether oxygens (including phenoxy) is 3. The molecule has 1 aromatic carbocycles. The molecule has 0 saturated carbocycles. The van der Waals surface area contributed by atoms with Crippen molar-refractivity contribution < 1.29 is 14.2 Å². The van der Waals surface area contributed by atoms with Crippen LogP contribution in [0.15, 0.2) is 16.6 Å². The van der Waals surface area contributed by atoms with Crippen LogP contribution >= 0.6 is 15.9 Å². The number of methoxy groups -OCH3 is 2. The van der Waals surface area contributed by atoms with Crippen LogP contribution in [0.25, 0.3) is 0 Å². The van der Waals surface area contributed by atoms with E-state index in [-0.39, 0.29) is 12.1 Å². The Labute approximate surface area is 128 Å². The normalized spacial score (nSPS) is 23.6. The number of rotatable bonds is 5. The largest absolute Gasteiger partial charge is 0.496 e. The van der Waals surface area contributed by atoms with Crippen LogP contribution in [0.1, 0.15) is 24.9 Å². The zero-order chi connectivity index (χ0) is 14.7. The smallest absolute Gasteiger partial charge is 0.133 e. The van der Waals surface area contributed by atoms with Crippen LogP contribution in [0.2, 0.25) is 0 Å². The molecule has 0 spiro atoms. The summed E-state index contributed by atoms with van der Waals surface area (Å²) in [6, 6.07) is 4.18. The van der Waals surface area contributed by atoms with E-state index in [1.165, 1.54) is 0 Å². The summed E-state index contributed by atoms with van der Waals surface area (Å²) in [5.41, 5.74) is 1.11. The standard InChI is InChI=1S/C15H22BrNO3/c1-9-10(5-6-20-9)15(17-2)11-7-14(19-4)12(16)8-13(11)18-3/h7-10,15,17H,5-6H2,1-4H3. The molecule has 2 rings (SSSR count). The highest BCUT2D eigenvalue weighted by Gasteiger charge is 2.33. The second-order valence-corrected chi connectivity index (χ2v) is 5.88. The van der Waals surface area contributed by atoms with Gasteiger partial charge in [-0.25, -0.2) is 0 Å². The number of hydrogen-bond acceptors (Lipinski definition) is 4. The Morgan fingerprint density at radius 3 is 2.50 bits per heavy atom. The summed E-state index contributed by atoms with van der Waals surface area (Å²) >= 11 is 3.50. The Morgan fingerprint density at radius 1 is 1.30 bits per heavy atom. The molecule has 0 amide bonds. The molecule has 20 heavy (non-hydrogen) atoms. The minimum absolute atomic E-state index is 0.185. The summed E-state index contributed by atoms with van der Waals surface area (Å²) in [4.78, 5) is 0. The minimum atomic E-state index is 0.185. The lowest BCUT2D eigenvalue weighted by molar-refractivity contribution is 0.0959. The second-order valence-electron chi connectivity index (χ2n) is 5.02. The number of benzene rings is 1. The van der Waals surface area contributed by atoms with Crippen LogP contribution in [-0.2, 0) is 4.74 Å². The van der Waals surface area contributed by atoms with Crippen LogP contribution in [0.5, 0.6) is 11.5 Å². The van der Waals surface area contributed by atoms with E-state index in [1.807, 2.05) is 19.2 Å². The van der Waals surface area contributed by atoms with Gasteiger partial charge in [0.2, 0.25) is 0 Å². The van der Waals surface area contributed by atoms with Gasteiger partial charge in [-0.15, -0.1) is 0 Å². The molecule has 0 bridgehead atoms. The first-order valence-corrected chi connectivity index (χ1v) is 7.62. The first kappa shape index (κ1) is 15.6. The zero-order valence-electron chi connectivity index (χ0n) is 12.4. The molecule has 1 aliphatic rings. The Bertz CT molecular complexity index is 467. The summed E-state index contributed by atoms with van der Waals surface area (Å²) in [5.74, 6) is 2.10. The van der Waals surface area contributed by atoms with E-state index in [4.69, 9.17) is 14.2 Å². The van der Waals surface area contributed by atoms with Crippen molar-refractivity contribution in [3.8, 4) is 11.5 Å². The van der Waals surface area contributed by atoms with E-state index in [2.05, 4.69) is 28.2 Å². The maximum absolute atomic E-state index is 5.70. The highest BCUT2D eigenvalue weighted by molar-refractivity contribution is 9.10. The third kappa shape index (κ3) is 2.95. The van der Waals surface area contributed by atoms with E-state index in [1.54, 1.807) is 14.2 Å². The third-order valence-electron chi connectivity index (χ3n) is 4.01. The number of hydrogen-bond donors (Lipinski definition) is 1. The minimum Gasteiger partial charge on any atom is -0.496 e. The van der Waals surface area contributed by atoms with E-state index < -0.39 is 0 Å². The van der Waals surface area contributed by atoms with Gasteiger partial charge in [0.1, 0.15) is 11.5 Å². The Morgan fingerprint density at radius 2 is 2.00 bits per heavy atom. The van der Waals surface area contributed by atoms with Crippen LogP contribution in [0, 0.1) is 5.92 Å². The van der Waals surface area contributed by atoms with E-state index in [9.17, 15) is 0 Å². The van der Waals surface area contributed by atoms with Gasteiger partial charge in [0, 0.05) is 24.1 Å². The first-order chi connectivity index (χ1) is 9.62. The monoisotopic (exact) mass is 343 g/mol. The van der Waals surface area contributed by atoms with Crippen molar-refractivity contribution in [1.82, 2.24) is 5.32 Å². The van der Waals surface area contributed by atoms with Crippen LogP contribution in [0.4, 0.5) is 0 Å². The Kier molecular flexibility index (Phi) is 5.29. The van der Waals surface area contributed by atoms with Gasteiger partial charge < -0.3 is 19.5 Å². The molecule has 1 aliphatic heterocycles. The molecule has 1 aromatic rings. The van der Waals surface area contributed by atoms with E-state index >= 15 is 0 Å². The predicted molar refractivity (Wildman–Crippen MR) is 82.6 cm³/mol. The molecule has 1 heterocycles. The lowest BCUT2D eigenvalue weighted by atomic mass is 9.88. The van der Waals surface area contributed by atoms with Crippen molar-refractivity contribution >= 4 is 15.9 Å². The van der Waals surface area contributed by atoms with Crippen molar-refractivity contribution in [1.29, 1.82) is 0 Å². The quantitative estimate of drug-likeness (QED) is 0.891. The number of halogens is 1. The van der Waals surface area contributed by atoms with Crippen molar-refractivity contribution in [3.63, 3.8) is 0 Å². The van der Waals surface area contributed by atoms with E-state index in [0.29, 0.717) is 5.92 Å². The maximum atomic E-state index is 5.70. The second kappa shape index (κ2) is 6.78. The van der Waals surface area contributed by atoms with Crippen molar-refractivity contribution in [2.45, 2.75) is 25.5 Å². The highest BCUT2D eigenvalue weighted by atomic mass is 79.9. The molecule has 3 unspecified atom stereocenters. The van der Waals surface area contributed by atoms with Crippen molar-refractivity contribution in [3.05, 3.63) is 22.2 Å². The molecule has 1 N–H and O–H groups in total. The molecule has 1 saturated heterocycles. The van der Waals surface area contributed by atoms with Gasteiger partial charge in [-0.3, -0.25) is 0 Å². The summed E-state index contributed by atoms with van der Waals surface area (Å²) in [6.07, 6.45) is 1.29. The Balaban J connectivity index is 2.42. The topological polar surface area (TPSA) is 39.7 Å². The Hall–Kier alpha value is -0.780. The third-order valence-corrected chi connectivity index (χ3v) is 4.63. The van der Waals surface area contributed by atoms with Crippen LogP contribution in [-0.4, -0.2) is 34.0 Å². The molecular formula is C15H22BrNO3. The molecular weight excluding hydrogens is 322 g/mol. The van der Waals surface area contributed by atoms with Gasteiger partial charge >= 0.3 is 0 Å². The molecule has 1 fully saturated rings. The fraction of sp³-hybridized carbons (Fsp3) is 0.600. The molecule has 4 nitrogen and oxygen atoms in total. The van der Waals surface area contributed by atoms with Gasteiger partial charge in [0.25, 0.3) is 0 Å². The molecule has 0 aromatic heterocycles. The van der Waals surface area contributed by atoms with Gasteiger partial charge in [-0.1, -0.05) is 0 Å². The molecule has 5 heteroatoms. The fourth-order valence-corrected chi connectivity index (χ4v) is 3.40. The summed E-state index contributed by atoms with van der Waals surface area (Å²) in [6.45, 7) is 2.95. The fourth-order valence-electron chi connectivity index (χ4n) is 2.91. The predicted octanol–water partition coefficient (Wildman–Crippen LogP) is 3.15. The summed E-state index contributed by atoms with van der Waals surface area (Å²) in [7, 11) is 5.34.